The van der Waals surface area contributed by atoms with E-state index in [0.717, 1.165) is 56.9 Å². The maximum absolute atomic E-state index is 13.1. The normalized spacial score (nSPS) is 12.1. The van der Waals surface area contributed by atoms with Crippen molar-refractivity contribution in [3.05, 3.63) is 93.9 Å². The molecule has 2 heterocycles. The smallest absolute Gasteiger partial charge is 0.321 e. The zero-order chi connectivity index (χ0) is 28.1. The first-order valence-electron chi connectivity index (χ1n) is 13.6. The number of aromatic nitrogens is 3. The van der Waals surface area contributed by atoms with E-state index in [0.29, 0.717) is 6.54 Å². The van der Waals surface area contributed by atoms with Gasteiger partial charge in [-0.3, -0.25) is 9.59 Å². The minimum absolute atomic E-state index is 0.180. The fourth-order valence-corrected chi connectivity index (χ4v) is 5.08. The average molecular weight is 528 g/mol. The molecule has 1 unspecified atom stereocenters. The Bertz CT molecular complexity index is 1440. The quantitative estimate of drug-likeness (QED) is 0.190. The van der Waals surface area contributed by atoms with Crippen molar-refractivity contribution >= 4 is 23.1 Å². The SMILES string of the molecule is CCOC(=O)C(C(=O)OCC)C(c1ccc(C)cc1)c1ccc(Cn2c(CC)nc3c(C)cc(C)nc32)cc1. The number of carbonyl (C=O) groups excluding carboxylic acids is 2. The molecule has 0 aliphatic heterocycles. The van der Waals surface area contributed by atoms with Gasteiger partial charge in [0.15, 0.2) is 11.6 Å². The van der Waals surface area contributed by atoms with Gasteiger partial charge in [0.05, 0.1) is 19.8 Å². The van der Waals surface area contributed by atoms with Crippen molar-refractivity contribution < 1.29 is 19.1 Å². The fraction of sp³-hybridized carbons (Fsp3) is 0.375. The molecule has 7 heteroatoms. The van der Waals surface area contributed by atoms with Gasteiger partial charge >= 0.3 is 11.9 Å². The zero-order valence-corrected chi connectivity index (χ0v) is 23.7. The van der Waals surface area contributed by atoms with Crippen molar-refractivity contribution in [1.82, 2.24) is 14.5 Å². The summed E-state index contributed by atoms with van der Waals surface area (Å²) >= 11 is 0. The van der Waals surface area contributed by atoms with E-state index < -0.39 is 23.8 Å². The fourth-order valence-electron chi connectivity index (χ4n) is 5.08. The van der Waals surface area contributed by atoms with Crippen LogP contribution in [0.4, 0.5) is 0 Å². The van der Waals surface area contributed by atoms with Crippen LogP contribution in [0.3, 0.4) is 0 Å². The number of carbonyl (C=O) groups is 2. The van der Waals surface area contributed by atoms with Crippen molar-refractivity contribution in [3.8, 4) is 0 Å². The van der Waals surface area contributed by atoms with Crippen LogP contribution in [0.2, 0.25) is 0 Å². The molecule has 4 rings (SSSR count). The largest absolute Gasteiger partial charge is 0.465 e. The van der Waals surface area contributed by atoms with Crippen LogP contribution in [0.5, 0.6) is 0 Å². The van der Waals surface area contributed by atoms with Crippen molar-refractivity contribution in [3.63, 3.8) is 0 Å². The Hall–Kier alpha value is -4.00. The van der Waals surface area contributed by atoms with E-state index in [1.807, 2.05) is 62.4 Å². The Balaban J connectivity index is 1.75. The first-order chi connectivity index (χ1) is 18.8. The second-order valence-corrected chi connectivity index (χ2v) is 9.83. The second-order valence-electron chi connectivity index (χ2n) is 9.83. The van der Waals surface area contributed by atoms with E-state index >= 15 is 0 Å². The van der Waals surface area contributed by atoms with E-state index in [4.69, 9.17) is 19.4 Å². The predicted molar refractivity (Wildman–Crippen MR) is 152 cm³/mol. The lowest BCUT2D eigenvalue weighted by molar-refractivity contribution is -0.162. The summed E-state index contributed by atoms with van der Waals surface area (Å²) in [5, 5.41) is 0. The molecule has 2 aromatic heterocycles. The Labute approximate surface area is 230 Å². The van der Waals surface area contributed by atoms with Gasteiger partial charge in [0, 0.05) is 18.0 Å². The summed E-state index contributed by atoms with van der Waals surface area (Å²) in [6.45, 7) is 12.6. The lowest BCUT2D eigenvalue weighted by Gasteiger charge is -2.25. The van der Waals surface area contributed by atoms with Gasteiger partial charge in [-0.25, -0.2) is 9.97 Å². The number of hydrogen-bond donors (Lipinski definition) is 0. The molecule has 0 fully saturated rings. The third-order valence-corrected chi connectivity index (χ3v) is 6.95. The van der Waals surface area contributed by atoms with Crippen LogP contribution in [-0.2, 0) is 32.0 Å². The van der Waals surface area contributed by atoms with Crippen LogP contribution in [0, 0.1) is 26.7 Å². The highest BCUT2D eigenvalue weighted by atomic mass is 16.6. The zero-order valence-electron chi connectivity index (χ0n) is 23.7. The number of aryl methyl sites for hydroxylation is 4. The molecule has 0 saturated heterocycles. The molecule has 0 radical (unpaired) electrons. The summed E-state index contributed by atoms with van der Waals surface area (Å²) < 4.78 is 12.9. The van der Waals surface area contributed by atoms with Gasteiger partial charge in [-0.15, -0.1) is 0 Å². The minimum atomic E-state index is -1.11. The second kappa shape index (κ2) is 12.2. The molecular formula is C32H37N3O4. The number of rotatable bonds is 10. The van der Waals surface area contributed by atoms with Gasteiger partial charge in [-0.2, -0.15) is 0 Å². The molecule has 0 saturated carbocycles. The molecular weight excluding hydrogens is 490 g/mol. The van der Waals surface area contributed by atoms with Gasteiger partial charge in [-0.1, -0.05) is 61.0 Å². The monoisotopic (exact) mass is 527 g/mol. The molecule has 2 aromatic carbocycles. The van der Waals surface area contributed by atoms with Crippen molar-refractivity contribution in [2.45, 2.75) is 60.4 Å². The molecule has 0 aliphatic rings. The molecule has 39 heavy (non-hydrogen) atoms. The third-order valence-electron chi connectivity index (χ3n) is 6.95. The van der Waals surface area contributed by atoms with Gasteiger partial charge in [0.25, 0.3) is 0 Å². The number of hydrogen-bond acceptors (Lipinski definition) is 6. The highest BCUT2D eigenvalue weighted by Crippen LogP contribution is 2.35. The van der Waals surface area contributed by atoms with Crippen LogP contribution >= 0.6 is 0 Å². The van der Waals surface area contributed by atoms with Gasteiger partial charge in [0.2, 0.25) is 0 Å². The number of fused-ring (bicyclic) bond motifs is 1. The number of ether oxygens (including phenoxy) is 2. The Morgan fingerprint density at radius 3 is 1.92 bits per heavy atom. The van der Waals surface area contributed by atoms with Gasteiger partial charge in [0.1, 0.15) is 11.3 Å². The molecule has 7 nitrogen and oxygen atoms in total. The van der Waals surface area contributed by atoms with Crippen LogP contribution in [-0.4, -0.2) is 39.7 Å². The summed E-state index contributed by atoms with van der Waals surface area (Å²) in [7, 11) is 0. The number of imidazole rings is 1. The molecule has 1 atom stereocenters. The van der Waals surface area contributed by atoms with Crippen LogP contribution in [0.15, 0.2) is 54.6 Å². The highest BCUT2D eigenvalue weighted by molar-refractivity contribution is 5.96. The highest BCUT2D eigenvalue weighted by Gasteiger charge is 2.39. The van der Waals surface area contributed by atoms with E-state index in [9.17, 15) is 9.59 Å². The van der Waals surface area contributed by atoms with Crippen LogP contribution in [0.25, 0.3) is 11.2 Å². The maximum atomic E-state index is 13.1. The third kappa shape index (κ3) is 6.03. The van der Waals surface area contributed by atoms with Gasteiger partial charge < -0.3 is 14.0 Å². The first kappa shape index (κ1) is 28.0. The summed E-state index contributed by atoms with van der Waals surface area (Å²) in [6, 6.07) is 18.0. The van der Waals surface area contributed by atoms with Crippen molar-refractivity contribution in [2.24, 2.45) is 5.92 Å². The molecule has 0 N–H and O–H groups in total. The summed E-state index contributed by atoms with van der Waals surface area (Å²) in [5.74, 6) is -1.85. The molecule has 204 valence electrons. The van der Waals surface area contributed by atoms with E-state index in [-0.39, 0.29) is 13.2 Å². The number of pyridine rings is 1. The van der Waals surface area contributed by atoms with E-state index in [1.165, 1.54) is 0 Å². The van der Waals surface area contributed by atoms with E-state index in [2.05, 4.69) is 24.5 Å². The number of benzene rings is 2. The van der Waals surface area contributed by atoms with Crippen molar-refractivity contribution in [1.29, 1.82) is 0 Å². The summed E-state index contributed by atoms with van der Waals surface area (Å²) in [6.07, 6.45) is 0.795. The Kier molecular flexibility index (Phi) is 8.79. The molecule has 0 bridgehead atoms. The lowest BCUT2D eigenvalue weighted by atomic mass is 9.80. The topological polar surface area (TPSA) is 83.3 Å². The average Bonchev–Trinajstić information content (AvgIpc) is 3.26. The lowest BCUT2D eigenvalue weighted by Crippen LogP contribution is -2.34. The van der Waals surface area contributed by atoms with Crippen LogP contribution in [0.1, 0.15) is 66.0 Å². The number of esters is 2. The predicted octanol–water partition coefficient (Wildman–Crippen LogP) is 5.84. The van der Waals surface area contributed by atoms with Gasteiger partial charge in [-0.05, 0) is 62.9 Å². The Morgan fingerprint density at radius 1 is 0.821 bits per heavy atom. The molecule has 0 amide bonds. The number of nitrogens with zero attached hydrogens (tertiary/aromatic N) is 3. The molecule has 4 aromatic rings. The molecule has 0 aliphatic carbocycles. The summed E-state index contributed by atoms with van der Waals surface area (Å²) in [5.41, 5.74) is 7.74. The molecule has 0 spiro atoms. The van der Waals surface area contributed by atoms with E-state index in [1.54, 1.807) is 13.8 Å². The first-order valence-corrected chi connectivity index (χ1v) is 13.6. The Morgan fingerprint density at radius 2 is 1.38 bits per heavy atom. The maximum Gasteiger partial charge on any atom is 0.321 e. The standard InChI is InChI=1S/C32H37N3O4/c1-7-26-34-29-21(5)18-22(6)33-30(29)35(26)19-23-12-16-25(17-13-23)27(24-14-10-20(4)11-15-24)28(31(36)38-8-2)32(37)39-9-3/h10-18,27-28H,7-9,19H2,1-6H3. The summed E-state index contributed by atoms with van der Waals surface area (Å²) in [4.78, 5) is 35.8. The van der Waals surface area contributed by atoms with Crippen molar-refractivity contribution in [2.75, 3.05) is 13.2 Å². The van der Waals surface area contributed by atoms with Crippen LogP contribution < -0.4 is 0 Å². The minimum Gasteiger partial charge on any atom is -0.465 e.